The van der Waals surface area contributed by atoms with Crippen LogP contribution in [-0.4, -0.2) is 17.3 Å². The van der Waals surface area contributed by atoms with Gasteiger partial charge in [-0.15, -0.1) is 0 Å². The molecule has 1 aliphatic carbocycles. The Morgan fingerprint density at radius 3 is 2.56 bits per heavy atom. The quantitative estimate of drug-likeness (QED) is 0.886. The van der Waals surface area contributed by atoms with E-state index >= 15 is 0 Å². The Hall–Kier alpha value is -1.02. The van der Waals surface area contributed by atoms with Crippen LogP contribution >= 0.6 is 0 Å². The largest absolute Gasteiger partial charge is 0.488 e. The van der Waals surface area contributed by atoms with Gasteiger partial charge in [-0.25, -0.2) is 0 Å². The number of hydrogen-bond acceptors (Lipinski definition) is 2. The average molecular weight is 248 g/mol. The molecule has 1 aromatic carbocycles. The molecule has 2 rings (SSSR count). The van der Waals surface area contributed by atoms with Gasteiger partial charge in [0.05, 0.1) is 6.10 Å². The van der Waals surface area contributed by atoms with E-state index in [1.807, 2.05) is 12.1 Å². The minimum Gasteiger partial charge on any atom is -0.488 e. The topological polar surface area (TPSA) is 29.5 Å². The third kappa shape index (κ3) is 2.86. The van der Waals surface area contributed by atoms with Gasteiger partial charge in [0, 0.05) is 0 Å². The Morgan fingerprint density at radius 2 is 1.94 bits per heavy atom. The molecule has 0 radical (unpaired) electrons. The van der Waals surface area contributed by atoms with Gasteiger partial charge in [-0.05, 0) is 48.8 Å². The van der Waals surface area contributed by atoms with Crippen molar-refractivity contribution in [3.05, 3.63) is 29.8 Å². The molecule has 0 aromatic heterocycles. The van der Waals surface area contributed by atoms with Crippen molar-refractivity contribution in [1.29, 1.82) is 0 Å². The summed E-state index contributed by atoms with van der Waals surface area (Å²) in [4.78, 5) is 0. The maximum Gasteiger partial charge on any atom is 0.125 e. The fourth-order valence-corrected chi connectivity index (χ4v) is 2.67. The van der Waals surface area contributed by atoms with Gasteiger partial charge >= 0.3 is 0 Å². The molecule has 1 N–H and O–H groups in total. The third-order valence-corrected chi connectivity index (χ3v) is 4.08. The summed E-state index contributed by atoms with van der Waals surface area (Å²) in [6.45, 7) is 6.38. The van der Waals surface area contributed by atoms with Crippen LogP contribution in [0.15, 0.2) is 24.3 Å². The van der Waals surface area contributed by atoms with E-state index in [0.717, 1.165) is 31.4 Å². The second-order valence-corrected chi connectivity index (χ2v) is 5.98. The lowest BCUT2D eigenvalue weighted by atomic mass is 9.73. The molecule has 0 amide bonds. The lowest BCUT2D eigenvalue weighted by molar-refractivity contribution is -0.0689. The van der Waals surface area contributed by atoms with Crippen LogP contribution in [0.4, 0.5) is 0 Å². The molecular weight excluding hydrogens is 224 g/mol. The van der Waals surface area contributed by atoms with E-state index in [4.69, 9.17) is 4.74 Å². The summed E-state index contributed by atoms with van der Waals surface area (Å²) in [6.07, 6.45) is 3.74. The maximum atomic E-state index is 10.3. The number of hydrogen-bond donors (Lipinski definition) is 1. The first-order valence-electron chi connectivity index (χ1n) is 6.96. The predicted octanol–water partition coefficient (Wildman–Crippen LogP) is 3.57. The summed E-state index contributed by atoms with van der Waals surface area (Å²) in [7, 11) is 0. The van der Waals surface area contributed by atoms with Crippen LogP contribution in [0.25, 0.3) is 0 Å². The first kappa shape index (κ1) is 13.4. The number of aliphatic hydroxyl groups is 1. The third-order valence-electron chi connectivity index (χ3n) is 4.08. The highest BCUT2D eigenvalue weighted by molar-refractivity contribution is 5.27. The Morgan fingerprint density at radius 1 is 1.28 bits per heavy atom. The van der Waals surface area contributed by atoms with Crippen molar-refractivity contribution >= 4 is 0 Å². The Labute approximate surface area is 110 Å². The maximum absolute atomic E-state index is 10.3. The van der Waals surface area contributed by atoms with Gasteiger partial charge in [0.15, 0.2) is 0 Å². The Kier molecular flexibility index (Phi) is 3.96. The second kappa shape index (κ2) is 5.31. The molecule has 1 saturated carbocycles. The molecule has 0 spiro atoms. The number of benzene rings is 1. The number of rotatable bonds is 3. The average Bonchev–Trinajstić information content (AvgIpc) is 2.36. The summed E-state index contributed by atoms with van der Waals surface area (Å²) in [5.74, 6) is 0.869. The standard InChI is InChI=1S/C16H24O2/c1-4-12-7-9-13(10-8-12)18-14-6-5-11-16(2,3)15(14)17/h7-10,14-15,17H,4-6,11H2,1-3H3. The normalized spacial score (nSPS) is 26.9. The van der Waals surface area contributed by atoms with E-state index in [1.54, 1.807) is 0 Å². The van der Waals surface area contributed by atoms with Gasteiger partial charge in [0.25, 0.3) is 0 Å². The van der Waals surface area contributed by atoms with E-state index in [9.17, 15) is 5.11 Å². The van der Waals surface area contributed by atoms with Crippen LogP contribution in [0.1, 0.15) is 45.6 Å². The van der Waals surface area contributed by atoms with Crippen LogP contribution in [0, 0.1) is 5.41 Å². The molecule has 100 valence electrons. The van der Waals surface area contributed by atoms with Crippen LogP contribution in [0.3, 0.4) is 0 Å². The van der Waals surface area contributed by atoms with Gasteiger partial charge in [0.1, 0.15) is 11.9 Å². The highest BCUT2D eigenvalue weighted by Gasteiger charge is 2.38. The highest BCUT2D eigenvalue weighted by Crippen LogP contribution is 2.37. The monoisotopic (exact) mass is 248 g/mol. The molecule has 18 heavy (non-hydrogen) atoms. The smallest absolute Gasteiger partial charge is 0.125 e. The molecule has 1 fully saturated rings. The summed E-state index contributed by atoms with van der Waals surface area (Å²) in [6, 6.07) is 8.20. The van der Waals surface area contributed by atoms with E-state index in [-0.39, 0.29) is 17.6 Å². The Balaban J connectivity index is 2.03. The minimum absolute atomic E-state index is 0.0354. The van der Waals surface area contributed by atoms with Crippen molar-refractivity contribution in [3.63, 3.8) is 0 Å². The number of ether oxygens (including phenoxy) is 1. The second-order valence-electron chi connectivity index (χ2n) is 5.98. The van der Waals surface area contributed by atoms with Crippen LogP contribution < -0.4 is 4.74 Å². The minimum atomic E-state index is -0.378. The highest BCUT2D eigenvalue weighted by atomic mass is 16.5. The first-order valence-corrected chi connectivity index (χ1v) is 6.96. The van der Waals surface area contributed by atoms with Crippen molar-refractivity contribution in [3.8, 4) is 5.75 Å². The molecule has 2 unspecified atom stereocenters. The van der Waals surface area contributed by atoms with E-state index in [2.05, 4.69) is 32.9 Å². The van der Waals surface area contributed by atoms with E-state index in [0.29, 0.717) is 0 Å². The SMILES string of the molecule is CCc1ccc(OC2CCCC(C)(C)C2O)cc1. The summed E-state index contributed by atoms with van der Waals surface area (Å²) in [5, 5.41) is 10.3. The summed E-state index contributed by atoms with van der Waals surface area (Å²) >= 11 is 0. The van der Waals surface area contributed by atoms with Crippen LogP contribution in [-0.2, 0) is 6.42 Å². The molecule has 2 nitrogen and oxygen atoms in total. The summed E-state index contributed by atoms with van der Waals surface area (Å²) in [5.41, 5.74) is 1.28. The van der Waals surface area contributed by atoms with Crippen molar-refractivity contribution in [1.82, 2.24) is 0 Å². The molecule has 1 aromatic rings. The molecule has 0 bridgehead atoms. The van der Waals surface area contributed by atoms with Gasteiger partial charge in [-0.2, -0.15) is 0 Å². The van der Waals surface area contributed by atoms with E-state index < -0.39 is 0 Å². The van der Waals surface area contributed by atoms with Gasteiger partial charge < -0.3 is 9.84 Å². The van der Waals surface area contributed by atoms with Gasteiger partial charge in [-0.1, -0.05) is 32.9 Å². The number of aliphatic hydroxyl groups excluding tert-OH is 1. The van der Waals surface area contributed by atoms with Crippen molar-refractivity contribution in [2.75, 3.05) is 0 Å². The van der Waals surface area contributed by atoms with Gasteiger partial charge in [-0.3, -0.25) is 0 Å². The van der Waals surface area contributed by atoms with Gasteiger partial charge in [0.2, 0.25) is 0 Å². The lowest BCUT2D eigenvalue weighted by Crippen LogP contribution is -2.46. The van der Waals surface area contributed by atoms with Crippen molar-refractivity contribution in [2.24, 2.45) is 5.41 Å². The molecule has 2 heteroatoms. The van der Waals surface area contributed by atoms with Crippen LogP contribution in [0.5, 0.6) is 5.75 Å². The number of aryl methyl sites for hydroxylation is 1. The Bertz CT molecular complexity index is 381. The first-order chi connectivity index (χ1) is 8.53. The predicted molar refractivity (Wildman–Crippen MR) is 73.9 cm³/mol. The zero-order valence-corrected chi connectivity index (χ0v) is 11.6. The fourth-order valence-electron chi connectivity index (χ4n) is 2.67. The molecule has 0 heterocycles. The van der Waals surface area contributed by atoms with Crippen molar-refractivity contribution in [2.45, 2.75) is 58.7 Å². The molecular formula is C16H24O2. The molecule has 0 saturated heterocycles. The lowest BCUT2D eigenvalue weighted by Gasteiger charge is -2.40. The zero-order chi connectivity index (χ0) is 13.2. The molecule has 1 aliphatic rings. The van der Waals surface area contributed by atoms with Crippen LogP contribution in [0.2, 0.25) is 0 Å². The zero-order valence-electron chi connectivity index (χ0n) is 11.6. The van der Waals surface area contributed by atoms with E-state index in [1.165, 1.54) is 5.56 Å². The van der Waals surface area contributed by atoms with Crippen molar-refractivity contribution < 1.29 is 9.84 Å². The molecule has 0 aliphatic heterocycles. The summed E-state index contributed by atoms with van der Waals surface area (Å²) < 4.78 is 5.95. The molecule has 2 atom stereocenters. The fraction of sp³-hybridized carbons (Fsp3) is 0.625.